The van der Waals surface area contributed by atoms with Gasteiger partial charge >= 0.3 is 6.03 Å². The number of carbonyl (C=O) groups is 1. The van der Waals surface area contributed by atoms with Crippen molar-refractivity contribution in [3.8, 4) is 0 Å². The van der Waals surface area contributed by atoms with E-state index in [1.54, 1.807) is 6.07 Å². The van der Waals surface area contributed by atoms with Crippen LogP contribution in [0.4, 0.5) is 10.5 Å². The fourth-order valence-corrected chi connectivity index (χ4v) is 4.10. The highest BCUT2D eigenvalue weighted by molar-refractivity contribution is 7.92. The zero-order valence-electron chi connectivity index (χ0n) is 11.4. The first kappa shape index (κ1) is 17.1. The number of rotatable bonds is 4. The van der Waals surface area contributed by atoms with E-state index in [0.717, 1.165) is 22.6 Å². The summed E-state index contributed by atoms with van der Waals surface area (Å²) in [7, 11) is -3.89. The van der Waals surface area contributed by atoms with E-state index < -0.39 is 16.1 Å². The molecular weight excluding hydrogens is 367 g/mol. The minimum absolute atomic E-state index is 0.0913. The summed E-state index contributed by atoms with van der Waals surface area (Å²) in [4.78, 5) is 12.7. The molecule has 0 bridgehead atoms. The molecule has 0 atom stereocenters. The van der Waals surface area contributed by atoms with Crippen molar-refractivity contribution in [2.45, 2.75) is 17.6 Å². The standard InChI is InChI=1S/C13H12Cl2N2O3S2/c1-2-9-4-6-12(21-9)22(19,20)17-13(18)16-8-3-5-10(14)11(15)7-8/h3-7H,2H2,1H3,(H2,16,17,18). The summed E-state index contributed by atoms with van der Waals surface area (Å²) in [5.41, 5.74) is 0.336. The second kappa shape index (κ2) is 6.87. The summed E-state index contributed by atoms with van der Waals surface area (Å²) in [6.45, 7) is 1.92. The molecule has 0 aliphatic carbocycles. The summed E-state index contributed by atoms with van der Waals surface area (Å²) in [5.74, 6) is 0. The maximum atomic E-state index is 12.1. The highest BCUT2D eigenvalue weighted by atomic mass is 35.5. The molecule has 9 heteroatoms. The minimum atomic E-state index is -3.89. The normalized spacial score (nSPS) is 11.2. The SMILES string of the molecule is CCc1ccc(S(=O)(=O)NC(=O)Nc2ccc(Cl)c(Cl)c2)s1. The van der Waals surface area contributed by atoms with Crippen LogP contribution in [-0.2, 0) is 16.4 Å². The van der Waals surface area contributed by atoms with Crippen molar-refractivity contribution in [3.05, 3.63) is 45.3 Å². The van der Waals surface area contributed by atoms with E-state index in [4.69, 9.17) is 23.2 Å². The quantitative estimate of drug-likeness (QED) is 0.839. The van der Waals surface area contributed by atoms with Crippen molar-refractivity contribution in [3.63, 3.8) is 0 Å². The Hall–Kier alpha value is -1.28. The monoisotopic (exact) mass is 378 g/mol. The molecule has 2 amide bonds. The van der Waals surface area contributed by atoms with Crippen molar-refractivity contribution in [2.24, 2.45) is 0 Å². The first-order valence-electron chi connectivity index (χ1n) is 6.19. The molecule has 0 saturated heterocycles. The average Bonchev–Trinajstić information content (AvgIpc) is 2.92. The van der Waals surface area contributed by atoms with E-state index in [2.05, 4.69) is 5.32 Å². The number of hydrogen-bond donors (Lipinski definition) is 2. The Labute approximate surface area is 142 Å². The third kappa shape index (κ3) is 4.13. The Morgan fingerprint density at radius 2 is 1.91 bits per heavy atom. The lowest BCUT2D eigenvalue weighted by Gasteiger charge is -2.08. The smallest absolute Gasteiger partial charge is 0.307 e. The number of benzene rings is 1. The summed E-state index contributed by atoms with van der Waals surface area (Å²) in [5, 5.41) is 2.99. The van der Waals surface area contributed by atoms with Crippen molar-refractivity contribution < 1.29 is 13.2 Å². The van der Waals surface area contributed by atoms with E-state index in [-0.39, 0.29) is 9.23 Å². The predicted molar refractivity (Wildman–Crippen MR) is 89.5 cm³/mol. The fourth-order valence-electron chi connectivity index (χ4n) is 1.60. The van der Waals surface area contributed by atoms with Crippen molar-refractivity contribution in [2.75, 3.05) is 5.32 Å². The molecular formula is C13H12Cl2N2O3S2. The zero-order valence-corrected chi connectivity index (χ0v) is 14.5. The van der Waals surface area contributed by atoms with Crippen LogP contribution >= 0.6 is 34.5 Å². The number of nitrogens with one attached hydrogen (secondary N) is 2. The minimum Gasteiger partial charge on any atom is -0.307 e. The highest BCUT2D eigenvalue weighted by Gasteiger charge is 2.19. The molecule has 0 fully saturated rings. The van der Waals surface area contributed by atoms with Crippen LogP contribution in [0.1, 0.15) is 11.8 Å². The van der Waals surface area contributed by atoms with Gasteiger partial charge in [-0.2, -0.15) is 0 Å². The summed E-state index contributed by atoms with van der Waals surface area (Å²) >= 11 is 12.7. The van der Waals surface area contributed by atoms with Crippen LogP contribution in [0.3, 0.4) is 0 Å². The molecule has 1 heterocycles. The van der Waals surface area contributed by atoms with Crippen LogP contribution in [0.15, 0.2) is 34.5 Å². The molecule has 2 rings (SSSR count). The van der Waals surface area contributed by atoms with Crippen LogP contribution in [0.5, 0.6) is 0 Å². The molecule has 22 heavy (non-hydrogen) atoms. The van der Waals surface area contributed by atoms with E-state index in [1.165, 1.54) is 24.3 Å². The first-order chi connectivity index (χ1) is 10.3. The molecule has 0 spiro atoms. The molecule has 2 aromatic rings. The predicted octanol–water partition coefficient (Wildman–Crippen LogP) is 4.13. The summed E-state index contributed by atoms with van der Waals surface area (Å²) < 4.78 is 26.2. The maximum absolute atomic E-state index is 12.1. The number of aryl methyl sites for hydroxylation is 1. The number of hydrogen-bond acceptors (Lipinski definition) is 4. The highest BCUT2D eigenvalue weighted by Crippen LogP contribution is 2.25. The molecule has 5 nitrogen and oxygen atoms in total. The lowest BCUT2D eigenvalue weighted by Crippen LogP contribution is -2.33. The first-order valence-corrected chi connectivity index (χ1v) is 9.25. The van der Waals surface area contributed by atoms with Gasteiger partial charge in [0.1, 0.15) is 4.21 Å². The second-order valence-corrected chi connectivity index (χ2v) is 8.15. The van der Waals surface area contributed by atoms with Gasteiger partial charge in [-0.3, -0.25) is 0 Å². The molecule has 0 radical (unpaired) electrons. The number of anilines is 1. The van der Waals surface area contributed by atoms with E-state index in [1.807, 2.05) is 11.6 Å². The number of halogens is 2. The van der Waals surface area contributed by atoms with Crippen molar-refractivity contribution >= 4 is 56.3 Å². The van der Waals surface area contributed by atoms with Crippen LogP contribution in [-0.4, -0.2) is 14.4 Å². The second-order valence-electron chi connectivity index (χ2n) is 4.26. The number of urea groups is 1. The average molecular weight is 379 g/mol. The Morgan fingerprint density at radius 1 is 1.18 bits per heavy atom. The molecule has 0 saturated carbocycles. The van der Waals surface area contributed by atoms with Gasteiger partial charge in [0.2, 0.25) is 0 Å². The van der Waals surface area contributed by atoms with Crippen LogP contribution in [0.25, 0.3) is 0 Å². The van der Waals surface area contributed by atoms with Gasteiger partial charge in [0.25, 0.3) is 10.0 Å². The van der Waals surface area contributed by atoms with E-state index >= 15 is 0 Å². The lowest BCUT2D eigenvalue weighted by molar-refractivity contribution is 0.256. The van der Waals surface area contributed by atoms with Gasteiger partial charge in [0, 0.05) is 10.6 Å². The molecule has 1 aromatic heterocycles. The Bertz CT molecular complexity index is 803. The molecule has 0 aliphatic heterocycles. The van der Waals surface area contributed by atoms with Gasteiger partial charge < -0.3 is 5.32 Å². The zero-order chi connectivity index (χ0) is 16.3. The summed E-state index contributed by atoms with van der Waals surface area (Å²) in [6, 6.07) is 6.76. The Morgan fingerprint density at radius 3 is 2.50 bits per heavy atom. The van der Waals surface area contributed by atoms with Crippen LogP contribution < -0.4 is 10.0 Å². The largest absolute Gasteiger partial charge is 0.333 e. The third-order valence-corrected chi connectivity index (χ3v) is 6.45. The van der Waals surface area contributed by atoms with Gasteiger partial charge in [-0.15, -0.1) is 11.3 Å². The van der Waals surface area contributed by atoms with Gasteiger partial charge in [-0.1, -0.05) is 30.1 Å². The van der Waals surface area contributed by atoms with Gasteiger partial charge in [-0.05, 0) is 36.8 Å². The van der Waals surface area contributed by atoms with Gasteiger partial charge in [0.15, 0.2) is 0 Å². The number of sulfonamides is 1. The number of thiophene rings is 1. The van der Waals surface area contributed by atoms with Gasteiger partial charge in [0.05, 0.1) is 10.0 Å². The van der Waals surface area contributed by atoms with Crippen LogP contribution in [0, 0.1) is 0 Å². The van der Waals surface area contributed by atoms with Crippen molar-refractivity contribution in [1.29, 1.82) is 0 Å². The van der Waals surface area contributed by atoms with Gasteiger partial charge in [-0.25, -0.2) is 17.9 Å². The molecule has 0 aliphatic rings. The number of carbonyl (C=O) groups excluding carboxylic acids is 1. The Kier molecular flexibility index (Phi) is 5.33. The lowest BCUT2D eigenvalue weighted by atomic mass is 10.3. The maximum Gasteiger partial charge on any atom is 0.333 e. The number of amides is 2. The topological polar surface area (TPSA) is 75.3 Å². The summed E-state index contributed by atoms with van der Waals surface area (Å²) in [6.07, 6.45) is 0.732. The molecule has 0 unspecified atom stereocenters. The molecule has 1 aromatic carbocycles. The fraction of sp³-hybridized carbons (Fsp3) is 0.154. The third-order valence-electron chi connectivity index (χ3n) is 2.65. The Balaban J connectivity index is 2.08. The van der Waals surface area contributed by atoms with E-state index in [0.29, 0.717) is 10.7 Å². The van der Waals surface area contributed by atoms with Crippen LogP contribution in [0.2, 0.25) is 10.0 Å². The van der Waals surface area contributed by atoms with E-state index in [9.17, 15) is 13.2 Å². The molecule has 2 N–H and O–H groups in total. The van der Waals surface area contributed by atoms with Crippen molar-refractivity contribution in [1.82, 2.24) is 4.72 Å². The molecule has 118 valence electrons.